The summed E-state index contributed by atoms with van der Waals surface area (Å²) in [6, 6.07) is 13.8. The summed E-state index contributed by atoms with van der Waals surface area (Å²) in [5, 5.41) is 2.93. The van der Waals surface area contributed by atoms with Crippen LogP contribution in [0.3, 0.4) is 0 Å². The second-order valence-corrected chi connectivity index (χ2v) is 6.61. The van der Waals surface area contributed by atoms with Crippen LogP contribution in [0, 0.1) is 0 Å². The Kier molecular flexibility index (Phi) is 7.36. The Labute approximate surface area is 167 Å². The highest BCUT2D eigenvalue weighted by atomic mass is 35.5. The third kappa shape index (κ3) is 4.86. The lowest BCUT2D eigenvalue weighted by Gasteiger charge is -2.35. The monoisotopic (exact) mass is 390 g/mol. The number of rotatable bonds is 5. The predicted octanol–water partition coefficient (Wildman–Crippen LogP) is 4.76. The smallest absolute Gasteiger partial charge is 0.255 e. The molecule has 1 N–H and O–H groups in total. The maximum atomic E-state index is 12.5. The van der Waals surface area contributed by atoms with E-state index < -0.39 is 0 Å². The number of ether oxygens (including phenoxy) is 2. The molecule has 6 heteroatoms. The molecule has 0 aromatic heterocycles. The van der Waals surface area contributed by atoms with Crippen molar-refractivity contribution in [1.29, 1.82) is 0 Å². The molecular weight excluding hydrogens is 364 g/mol. The minimum Gasteiger partial charge on any atom is -0.493 e. The molecule has 1 amide bonds. The van der Waals surface area contributed by atoms with Gasteiger partial charge in [0, 0.05) is 29.5 Å². The van der Waals surface area contributed by atoms with Gasteiger partial charge >= 0.3 is 0 Å². The van der Waals surface area contributed by atoms with Crippen LogP contribution in [0.1, 0.15) is 36.5 Å². The van der Waals surface area contributed by atoms with Crippen molar-refractivity contribution in [2.45, 2.75) is 32.2 Å². The van der Waals surface area contributed by atoms with E-state index in [1.165, 1.54) is 24.9 Å². The number of nitrogens with zero attached hydrogens (tertiary/aromatic N) is 1. The highest BCUT2D eigenvalue weighted by molar-refractivity contribution is 6.04. The van der Waals surface area contributed by atoms with Gasteiger partial charge < -0.3 is 19.7 Å². The van der Waals surface area contributed by atoms with E-state index in [0.717, 1.165) is 12.2 Å². The fourth-order valence-corrected chi connectivity index (χ4v) is 3.40. The van der Waals surface area contributed by atoms with Gasteiger partial charge in [0.05, 0.1) is 14.2 Å². The second kappa shape index (κ2) is 9.51. The average Bonchev–Trinajstić information content (AvgIpc) is 2.68. The van der Waals surface area contributed by atoms with Crippen LogP contribution in [0.15, 0.2) is 42.5 Å². The number of halogens is 1. The predicted molar refractivity (Wildman–Crippen MR) is 112 cm³/mol. The molecule has 0 spiro atoms. The minimum atomic E-state index is -0.176. The lowest BCUT2D eigenvalue weighted by Crippen LogP contribution is -2.37. The summed E-state index contributed by atoms with van der Waals surface area (Å²) >= 11 is 0. The first-order valence-electron chi connectivity index (χ1n) is 9.02. The molecule has 1 aliphatic heterocycles. The Morgan fingerprint density at radius 3 is 2.37 bits per heavy atom. The lowest BCUT2D eigenvalue weighted by atomic mass is 10.0. The summed E-state index contributed by atoms with van der Waals surface area (Å²) in [5.74, 6) is 0.962. The highest BCUT2D eigenvalue weighted by Crippen LogP contribution is 2.29. The number of hydrogen-bond donors (Lipinski definition) is 1. The van der Waals surface area contributed by atoms with E-state index in [9.17, 15) is 4.79 Å². The van der Waals surface area contributed by atoms with Gasteiger partial charge in [0.25, 0.3) is 5.91 Å². The summed E-state index contributed by atoms with van der Waals surface area (Å²) in [6.07, 6.45) is 3.77. The number of methoxy groups -OCH3 is 2. The number of carbonyl (C=O) groups excluding carboxylic acids is 1. The topological polar surface area (TPSA) is 50.8 Å². The van der Waals surface area contributed by atoms with Crippen molar-refractivity contribution in [2.75, 3.05) is 31.0 Å². The van der Waals surface area contributed by atoms with Crippen molar-refractivity contribution in [2.24, 2.45) is 0 Å². The average molecular weight is 391 g/mol. The number of hydrogen-bond acceptors (Lipinski definition) is 4. The zero-order valence-corrected chi connectivity index (χ0v) is 16.8. The van der Waals surface area contributed by atoms with Gasteiger partial charge in [-0.1, -0.05) is 0 Å². The zero-order chi connectivity index (χ0) is 18.5. The van der Waals surface area contributed by atoms with Crippen LogP contribution in [-0.2, 0) is 0 Å². The molecule has 1 heterocycles. The summed E-state index contributed by atoms with van der Waals surface area (Å²) in [6.45, 7) is 3.37. The standard InChI is InChI=1S/C21H26N2O3.ClH/c1-15-6-4-5-13-23(15)18-10-8-17(9-11-18)22-21(24)16-7-12-19(25-2)20(14-16)26-3;/h7-12,14-15H,4-6,13H2,1-3H3,(H,22,24);1H. The Bertz CT molecular complexity index is 765. The summed E-state index contributed by atoms with van der Waals surface area (Å²) in [7, 11) is 3.13. The fraction of sp³-hybridized carbons (Fsp3) is 0.381. The van der Waals surface area contributed by atoms with Crippen molar-refractivity contribution < 1.29 is 14.3 Å². The normalized spacial score (nSPS) is 16.3. The molecule has 2 aromatic rings. The molecule has 1 fully saturated rings. The zero-order valence-electron chi connectivity index (χ0n) is 16.0. The molecule has 1 saturated heterocycles. The number of nitrogens with one attached hydrogen (secondary N) is 1. The van der Waals surface area contributed by atoms with E-state index in [1.807, 2.05) is 12.1 Å². The lowest BCUT2D eigenvalue weighted by molar-refractivity contribution is 0.102. The number of benzene rings is 2. The van der Waals surface area contributed by atoms with E-state index >= 15 is 0 Å². The van der Waals surface area contributed by atoms with Crippen LogP contribution >= 0.6 is 12.4 Å². The van der Waals surface area contributed by atoms with Crippen molar-refractivity contribution in [3.05, 3.63) is 48.0 Å². The summed E-state index contributed by atoms with van der Waals surface area (Å²) in [5.41, 5.74) is 2.51. The number of anilines is 2. The maximum absolute atomic E-state index is 12.5. The van der Waals surface area contributed by atoms with Crippen LogP contribution in [0.25, 0.3) is 0 Å². The van der Waals surface area contributed by atoms with Gasteiger partial charge in [0.1, 0.15) is 0 Å². The van der Waals surface area contributed by atoms with Crippen LogP contribution in [0.2, 0.25) is 0 Å². The third-order valence-corrected chi connectivity index (χ3v) is 4.91. The van der Waals surface area contributed by atoms with E-state index in [-0.39, 0.29) is 18.3 Å². The van der Waals surface area contributed by atoms with Crippen molar-refractivity contribution >= 4 is 29.7 Å². The molecule has 0 saturated carbocycles. The van der Waals surface area contributed by atoms with E-state index in [2.05, 4.69) is 29.3 Å². The molecule has 3 rings (SSSR count). The molecule has 0 bridgehead atoms. The molecule has 146 valence electrons. The minimum absolute atomic E-state index is 0. The van der Waals surface area contributed by atoms with E-state index in [1.54, 1.807) is 32.4 Å². The number of piperidine rings is 1. The molecular formula is C21H27ClN2O3. The Morgan fingerprint density at radius 2 is 1.74 bits per heavy atom. The van der Waals surface area contributed by atoms with Gasteiger partial charge in [0.15, 0.2) is 11.5 Å². The molecule has 1 unspecified atom stereocenters. The third-order valence-electron chi connectivity index (χ3n) is 4.91. The molecule has 1 atom stereocenters. The molecule has 5 nitrogen and oxygen atoms in total. The summed E-state index contributed by atoms with van der Waals surface area (Å²) < 4.78 is 10.5. The number of amides is 1. The van der Waals surface area contributed by atoms with Crippen molar-refractivity contribution in [3.8, 4) is 11.5 Å². The van der Waals surface area contributed by atoms with Crippen LogP contribution in [0.5, 0.6) is 11.5 Å². The molecule has 0 radical (unpaired) electrons. The quantitative estimate of drug-likeness (QED) is 0.799. The highest BCUT2D eigenvalue weighted by Gasteiger charge is 2.18. The number of carbonyl (C=O) groups is 1. The first-order valence-corrected chi connectivity index (χ1v) is 9.02. The van der Waals surface area contributed by atoms with Gasteiger partial charge in [-0.3, -0.25) is 4.79 Å². The van der Waals surface area contributed by atoms with Gasteiger partial charge in [-0.05, 0) is 68.7 Å². The van der Waals surface area contributed by atoms with Crippen molar-refractivity contribution in [1.82, 2.24) is 0 Å². The van der Waals surface area contributed by atoms with Gasteiger partial charge in [0.2, 0.25) is 0 Å². The van der Waals surface area contributed by atoms with E-state index in [0.29, 0.717) is 23.1 Å². The molecule has 2 aromatic carbocycles. The van der Waals surface area contributed by atoms with Crippen LogP contribution < -0.4 is 19.7 Å². The largest absolute Gasteiger partial charge is 0.493 e. The second-order valence-electron chi connectivity index (χ2n) is 6.61. The van der Waals surface area contributed by atoms with Crippen LogP contribution in [-0.4, -0.2) is 32.7 Å². The maximum Gasteiger partial charge on any atom is 0.255 e. The van der Waals surface area contributed by atoms with Crippen molar-refractivity contribution in [3.63, 3.8) is 0 Å². The SMILES string of the molecule is COc1ccc(C(=O)Nc2ccc(N3CCCCC3C)cc2)cc1OC.Cl. The summed E-state index contributed by atoms with van der Waals surface area (Å²) in [4.78, 5) is 14.9. The van der Waals surface area contributed by atoms with Gasteiger partial charge in [-0.2, -0.15) is 0 Å². The van der Waals surface area contributed by atoms with Crippen LogP contribution in [0.4, 0.5) is 11.4 Å². The van der Waals surface area contributed by atoms with Gasteiger partial charge in [-0.15, -0.1) is 12.4 Å². The first-order chi connectivity index (χ1) is 12.6. The molecule has 1 aliphatic rings. The Hall–Kier alpha value is -2.40. The molecule has 0 aliphatic carbocycles. The Morgan fingerprint density at radius 1 is 1.04 bits per heavy atom. The Balaban J connectivity index is 0.00000261. The molecule has 27 heavy (non-hydrogen) atoms. The fourth-order valence-electron chi connectivity index (χ4n) is 3.40. The van der Waals surface area contributed by atoms with Gasteiger partial charge in [-0.25, -0.2) is 0 Å². The first kappa shape index (κ1) is 20.9. The van der Waals surface area contributed by atoms with E-state index in [4.69, 9.17) is 9.47 Å².